The lowest BCUT2D eigenvalue weighted by atomic mass is 10.2. The molecule has 1 atom stereocenters. The summed E-state index contributed by atoms with van der Waals surface area (Å²) >= 11 is 0. The summed E-state index contributed by atoms with van der Waals surface area (Å²) in [5.41, 5.74) is -0.484. The predicted molar refractivity (Wildman–Crippen MR) is 79.6 cm³/mol. The van der Waals surface area contributed by atoms with Gasteiger partial charge in [-0.25, -0.2) is 4.79 Å². The third-order valence-corrected chi connectivity index (χ3v) is 3.28. The summed E-state index contributed by atoms with van der Waals surface area (Å²) in [4.78, 5) is 13.9. The second-order valence-corrected chi connectivity index (χ2v) is 6.27. The number of carbonyl (C=O) groups is 1. The summed E-state index contributed by atoms with van der Waals surface area (Å²) in [7, 11) is 0. The first-order valence-corrected chi connectivity index (χ1v) is 7.26. The lowest BCUT2D eigenvalue weighted by Crippen LogP contribution is -2.42. The molecule has 0 saturated carbocycles. The highest BCUT2D eigenvalue weighted by atomic mass is 16.6. The van der Waals surface area contributed by atoms with Crippen molar-refractivity contribution >= 4 is 6.09 Å². The molecule has 0 aromatic heterocycles. The van der Waals surface area contributed by atoms with E-state index >= 15 is 0 Å². The topological polar surface area (TPSA) is 59.0 Å². The number of aromatic hydroxyl groups is 1. The van der Waals surface area contributed by atoms with E-state index in [1.54, 1.807) is 29.2 Å². The minimum Gasteiger partial charge on any atom is -0.508 e. The molecule has 1 aromatic rings. The Morgan fingerprint density at radius 1 is 1.33 bits per heavy atom. The molecule has 5 nitrogen and oxygen atoms in total. The molecule has 1 aliphatic heterocycles. The SMILES string of the molecule is CC(C)(C)OC(=O)N1CCC[C@H]1COc1ccc(O)cc1. The van der Waals surface area contributed by atoms with Crippen LogP contribution in [0.5, 0.6) is 11.5 Å². The number of hydrogen-bond donors (Lipinski definition) is 1. The highest BCUT2D eigenvalue weighted by Crippen LogP contribution is 2.22. The van der Waals surface area contributed by atoms with Crippen molar-refractivity contribution in [3.63, 3.8) is 0 Å². The second kappa shape index (κ2) is 6.24. The van der Waals surface area contributed by atoms with Crippen LogP contribution in [0, 0.1) is 0 Å². The van der Waals surface area contributed by atoms with Crippen molar-refractivity contribution in [2.45, 2.75) is 45.3 Å². The van der Waals surface area contributed by atoms with Crippen molar-refractivity contribution in [3.05, 3.63) is 24.3 Å². The van der Waals surface area contributed by atoms with Crippen LogP contribution in [0.25, 0.3) is 0 Å². The summed E-state index contributed by atoms with van der Waals surface area (Å²) < 4.78 is 11.1. The zero-order valence-corrected chi connectivity index (χ0v) is 12.8. The molecule has 0 aliphatic carbocycles. The van der Waals surface area contributed by atoms with Gasteiger partial charge in [0.15, 0.2) is 0 Å². The summed E-state index contributed by atoms with van der Waals surface area (Å²) in [6.07, 6.45) is 1.60. The standard InChI is InChI=1S/C16H23NO4/c1-16(2,3)21-15(19)17-10-4-5-12(17)11-20-14-8-6-13(18)7-9-14/h6-9,12,18H,4-5,10-11H2,1-3H3/t12-/m0/s1. The molecule has 1 aliphatic rings. The van der Waals surface area contributed by atoms with Crippen LogP contribution >= 0.6 is 0 Å². The van der Waals surface area contributed by atoms with E-state index in [0.717, 1.165) is 12.8 Å². The summed E-state index contributed by atoms with van der Waals surface area (Å²) in [5, 5.41) is 9.23. The first kappa shape index (κ1) is 15.5. The molecular formula is C16H23NO4. The van der Waals surface area contributed by atoms with E-state index in [0.29, 0.717) is 18.9 Å². The number of nitrogens with zero attached hydrogens (tertiary/aromatic N) is 1. The molecule has 116 valence electrons. The van der Waals surface area contributed by atoms with Crippen molar-refractivity contribution in [3.8, 4) is 11.5 Å². The van der Waals surface area contributed by atoms with Crippen molar-refractivity contribution in [1.29, 1.82) is 0 Å². The lowest BCUT2D eigenvalue weighted by molar-refractivity contribution is 0.0187. The van der Waals surface area contributed by atoms with Gasteiger partial charge in [0.1, 0.15) is 23.7 Å². The quantitative estimate of drug-likeness (QED) is 0.930. The largest absolute Gasteiger partial charge is 0.508 e. The molecule has 1 N–H and O–H groups in total. The number of benzene rings is 1. The highest BCUT2D eigenvalue weighted by molar-refractivity contribution is 5.69. The van der Waals surface area contributed by atoms with Crippen LogP contribution in [-0.4, -0.2) is 40.9 Å². The van der Waals surface area contributed by atoms with Gasteiger partial charge in [-0.05, 0) is 57.9 Å². The van der Waals surface area contributed by atoms with E-state index in [4.69, 9.17) is 9.47 Å². The Labute approximate surface area is 125 Å². The smallest absolute Gasteiger partial charge is 0.410 e. The Morgan fingerprint density at radius 2 is 2.00 bits per heavy atom. The van der Waals surface area contributed by atoms with E-state index in [1.165, 1.54) is 0 Å². The van der Waals surface area contributed by atoms with E-state index in [2.05, 4.69) is 0 Å². The molecular weight excluding hydrogens is 270 g/mol. The summed E-state index contributed by atoms with van der Waals surface area (Å²) in [6.45, 7) is 6.73. The molecule has 1 fully saturated rings. The van der Waals surface area contributed by atoms with E-state index < -0.39 is 5.60 Å². The van der Waals surface area contributed by atoms with Gasteiger partial charge in [-0.2, -0.15) is 0 Å². The highest BCUT2D eigenvalue weighted by Gasteiger charge is 2.32. The van der Waals surface area contributed by atoms with Crippen LogP contribution in [-0.2, 0) is 4.74 Å². The third kappa shape index (κ3) is 4.55. The van der Waals surface area contributed by atoms with Gasteiger partial charge in [0.05, 0.1) is 6.04 Å². The number of likely N-dealkylation sites (tertiary alicyclic amines) is 1. The molecule has 1 aromatic carbocycles. The number of phenolic OH excluding ortho intramolecular Hbond substituents is 1. The summed E-state index contributed by atoms with van der Waals surface area (Å²) in [5.74, 6) is 0.891. The van der Waals surface area contributed by atoms with Crippen LogP contribution in [0.3, 0.4) is 0 Å². The molecule has 0 bridgehead atoms. The number of amides is 1. The van der Waals surface area contributed by atoms with Gasteiger partial charge in [0.2, 0.25) is 0 Å². The monoisotopic (exact) mass is 293 g/mol. The minimum absolute atomic E-state index is 0.0358. The van der Waals surface area contributed by atoms with E-state index in [1.807, 2.05) is 20.8 Å². The number of rotatable bonds is 3. The first-order valence-electron chi connectivity index (χ1n) is 7.26. The van der Waals surface area contributed by atoms with Gasteiger partial charge in [-0.3, -0.25) is 0 Å². The Bertz CT molecular complexity index is 478. The van der Waals surface area contributed by atoms with E-state index in [9.17, 15) is 9.90 Å². The molecule has 0 unspecified atom stereocenters. The van der Waals surface area contributed by atoms with Crippen molar-refractivity contribution < 1.29 is 19.4 Å². The van der Waals surface area contributed by atoms with Crippen LogP contribution in [0.15, 0.2) is 24.3 Å². The van der Waals surface area contributed by atoms with Crippen LogP contribution in [0.4, 0.5) is 4.79 Å². The van der Waals surface area contributed by atoms with Gasteiger partial charge < -0.3 is 19.5 Å². The van der Waals surface area contributed by atoms with Crippen molar-refractivity contribution in [1.82, 2.24) is 4.90 Å². The van der Waals surface area contributed by atoms with Gasteiger partial charge in [0, 0.05) is 6.54 Å². The van der Waals surface area contributed by atoms with Gasteiger partial charge in [-0.1, -0.05) is 0 Å². The van der Waals surface area contributed by atoms with Crippen LogP contribution < -0.4 is 4.74 Å². The average molecular weight is 293 g/mol. The molecule has 0 radical (unpaired) electrons. The Hall–Kier alpha value is -1.91. The maximum Gasteiger partial charge on any atom is 0.410 e. The van der Waals surface area contributed by atoms with Crippen LogP contribution in [0.1, 0.15) is 33.6 Å². The Balaban J connectivity index is 1.90. The fourth-order valence-electron chi connectivity index (χ4n) is 2.30. The number of hydrogen-bond acceptors (Lipinski definition) is 4. The zero-order chi connectivity index (χ0) is 15.5. The van der Waals surface area contributed by atoms with Crippen molar-refractivity contribution in [2.75, 3.05) is 13.2 Å². The third-order valence-electron chi connectivity index (χ3n) is 3.28. The maximum absolute atomic E-state index is 12.1. The predicted octanol–water partition coefficient (Wildman–Crippen LogP) is 3.17. The fourth-order valence-corrected chi connectivity index (χ4v) is 2.30. The molecule has 0 spiro atoms. The molecule has 2 rings (SSSR count). The summed E-state index contributed by atoms with van der Waals surface area (Å²) in [6, 6.07) is 6.61. The fraction of sp³-hybridized carbons (Fsp3) is 0.562. The molecule has 1 heterocycles. The van der Waals surface area contributed by atoms with Gasteiger partial charge in [0.25, 0.3) is 0 Å². The van der Waals surface area contributed by atoms with Gasteiger partial charge in [-0.15, -0.1) is 0 Å². The molecule has 1 amide bonds. The zero-order valence-electron chi connectivity index (χ0n) is 12.8. The molecule has 1 saturated heterocycles. The second-order valence-electron chi connectivity index (χ2n) is 6.27. The normalized spacial score (nSPS) is 18.6. The average Bonchev–Trinajstić information content (AvgIpc) is 2.84. The minimum atomic E-state index is -0.484. The van der Waals surface area contributed by atoms with Crippen LogP contribution in [0.2, 0.25) is 0 Å². The number of phenols is 1. The maximum atomic E-state index is 12.1. The number of carbonyl (C=O) groups excluding carboxylic acids is 1. The van der Waals surface area contributed by atoms with Crippen molar-refractivity contribution in [2.24, 2.45) is 0 Å². The van der Waals surface area contributed by atoms with E-state index in [-0.39, 0.29) is 17.9 Å². The Kier molecular flexibility index (Phi) is 4.60. The number of ether oxygens (including phenoxy) is 2. The van der Waals surface area contributed by atoms with Gasteiger partial charge >= 0.3 is 6.09 Å². The Morgan fingerprint density at radius 3 is 2.62 bits per heavy atom. The first-order chi connectivity index (χ1) is 9.85. The molecule has 21 heavy (non-hydrogen) atoms. The lowest BCUT2D eigenvalue weighted by Gasteiger charge is -2.28. The molecule has 5 heteroatoms.